The van der Waals surface area contributed by atoms with Crippen LogP contribution in [0, 0.1) is 11.3 Å². The predicted molar refractivity (Wildman–Crippen MR) is 94.3 cm³/mol. The van der Waals surface area contributed by atoms with Crippen molar-refractivity contribution in [2.45, 2.75) is 46.6 Å². The molecule has 0 amide bonds. The summed E-state index contributed by atoms with van der Waals surface area (Å²) in [5, 5.41) is 6.72. The first kappa shape index (κ1) is 18.6. The van der Waals surface area contributed by atoms with Crippen LogP contribution in [0.3, 0.4) is 0 Å². The highest BCUT2D eigenvalue weighted by Crippen LogP contribution is 2.34. The molecule has 5 heteroatoms. The standard InChI is InChI=1S/C16H33N3OS/c1-6-17-15(18-9-11-21-5)19-12-13-8-7-10-20-14(13)16(2,3)4/h13-14H,6-12H2,1-5H3,(H2,17,18,19). The summed E-state index contributed by atoms with van der Waals surface area (Å²) in [7, 11) is 0. The Bertz CT molecular complexity index is 315. The number of aliphatic imine (C=N–C) groups is 1. The highest BCUT2D eigenvalue weighted by molar-refractivity contribution is 7.98. The van der Waals surface area contributed by atoms with Crippen molar-refractivity contribution in [2.75, 3.05) is 38.2 Å². The molecule has 1 saturated heterocycles. The Balaban J connectivity index is 2.59. The minimum absolute atomic E-state index is 0.186. The third-order valence-electron chi connectivity index (χ3n) is 3.73. The van der Waals surface area contributed by atoms with Crippen molar-refractivity contribution in [3.05, 3.63) is 0 Å². The molecular weight excluding hydrogens is 282 g/mol. The fourth-order valence-electron chi connectivity index (χ4n) is 2.81. The fourth-order valence-corrected chi connectivity index (χ4v) is 3.12. The number of hydrogen-bond acceptors (Lipinski definition) is 3. The van der Waals surface area contributed by atoms with Gasteiger partial charge < -0.3 is 15.4 Å². The van der Waals surface area contributed by atoms with Crippen molar-refractivity contribution in [3.63, 3.8) is 0 Å². The Labute approximate surface area is 134 Å². The number of guanidine groups is 1. The molecule has 0 saturated carbocycles. The fraction of sp³-hybridized carbons (Fsp3) is 0.938. The van der Waals surface area contributed by atoms with Crippen molar-refractivity contribution in [3.8, 4) is 0 Å². The van der Waals surface area contributed by atoms with Gasteiger partial charge in [-0.15, -0.1) is 0 Å². The first-order valence-electron chi connectivity index (χ1n) is 8.11. The Kier molecular flexibility index (Phi) is 8.49. The summed E-state index contributed by atoms with van der Waals surface area (Å²) in [6.07, 6.45) is 4.81. The van der Waals surface area contributed by atoms with Crippen LogP contribution in [0.25, 0.3) is 0 Å². The molecule has 0 aromatic heterocycles. The van der Waals surface area contributed by atoms with Crippen molar-refractivity contribution in [2.24, 2.45) is 16.3 Å². The lowest BCUT2D eigenvalue weighted by Gasteiger charge is -2.39. The van der Waals surface area contributed by atoms with Gasteiger partial charge in [-0.2, -0.15) is 11.8 Å². The second-order valence-corrected chi connectivity index (χ2v) is 7.68. The molecule has 1 rings (SSSR count). The third-order valence-corrected chi connectivity index (χ3v) is 4.34. The van der Waals surface area contributed by atoms with E-state index in [2.05, 4.69) is 44.6 Å². The van der Waals surface area contributed by atoms with Crippen molar-refractivity contribution < 1.29 is 4.74 Å². The monoisotopic (exact) mass is 315 g/mol. The molecule has 1 aliphatic rings. The lowest BCUT2D eigenvalue weighted by molar-refractivity contribution is -0.0823. The third kappa shape index (κ3) is 6.92. The van der Waals surface area contributed by atoms with Crippen molar-refractivity contribution in [1.29, 1.82) is 0 Å². The van der Waals surface area contributed by atoms with E-state index < -0.39 is 0 Å². The number of nitrogens with one attached hydrogen (secondary N) is 2. The number of nitrogens with zero attached hydrogens (tertiary/aromatic N) is 1. The molecule has 1 fully saturated rings. The molecule has 0 aromatic carbocycles. The van der Waals surface area contributed by atoms with E-state index in [1.165, 1.54) is 6.42 Å². The van der Waals surface area contributed by atoms with E-state index in [1.807, 2.05) is 11.8 Å². The zero-order valence-corrected chi connectivity index (χ0v) is 15.2. The molecule has 2 unspecified atom stereocenters. The minimum atomic E-state index is 0.186. The smallest absolute Gasteiger partial charge is 0.191 e. The molecule has 1 heterocycles. The molecule has 0 aliphatic carbocycles. The van der Waals surface area contributed by atoms with Crippen molar-refractivity contribution >= 4 is 17.7 Å². The largest absolute Gasteiger partial charge is 0.377 e. The lowest BCUT2D eigenvalue weighted by atomic mass is 9.78. The van der Waals surface area contributed by atoms with Gasteiger partial charge in [-0.05, 0) is 31.4 Å². The quantitative estimate of drug-likeness (QED) is 0.449. The molecule has 2 N–H and O–H groups in total. The SMILES string of the molecule is CCNC(=NCC1CCCOC1C(C)(C)C)NCCSC. The molecule has 2 atom stereocenters. The zero-order valence-electron chi connectivity index (χ0n) is 14.4. The number of hydrogen-bond donors (Lipinski definition) is 2. The van der Waals surface area contributed by atoms with Gasteiger partial charge >= 0.3 is 0 Å². The topological polar surface area (TPSA) is 45.7 Å². The van der Waals surface area contributed by atoms with Crippen molar-refractivity contribution in [1.82, 2.24) is 10.6 Å². The van der Waals surface area contributed by atoms with E-state index in [0.717, 1.165) is 44.4 Å². The number of ether oxygens (including phenoxy) is 1. The van der Waals surface area contributed by atoms with Crippen LogP contribution in [0.15, 0.2) is 4.99 Å². The van der Waals surface area contributed by atoms with Gasteiger partial charge in [0.2, 0.25) is 0 Å². The Hall–Kier alpha value is -0.420. The Morgan fingerprint density at radius 3 is 2.71 bits per heavy atom. The summed E-state index contributed by atoms with van der Waals surface area (Å²) in [6.45, 7) is 12.5. The van der Waals surface area contributed by atoms with Gasteiger partial charge in [-0.3, -0.25) is 4.99 Å². The van der Waals surface area contributed by atoms with E-state index in [9.17, 15) is 0 Å². The second kappa shape index (κ2) is 9.57. The first-order valence-corrected chi connectivity index (χ1v) is 9.51. The summed E-state index contributed by atoms with van der Waals surface area (Å²) in [5.74, 6) is 2.56. The summed E-state index contributed by atoms with van der Waals surface area (Å²) in [6, 6.07) is 0. The normalized spacial score (nSPS) is 24.0. The molecule has 124 valence electrons. The van der Waals surface area contributed by atoms with Crippen LogP contribution >= 0.6 is 11.8 Å². The van der Waals surface area contributed by atoms with Crippen LogP contribution in [-0.4, -0.2) is 50.3 Å². The van der Waals surface area contributed by atoms with E-state index in [1.54, 1.807) is 0 Å². The van der Waals surface area contributed by atoms with E-state index in [-0.39, 0.29) is 5.41 Å². The minimum Gasteiger partial charge on any atom is -0.377 e. The maximum Gasteiger partial charge on any atom is 0.191 e. The molecule has 0 spiro atoms. The van der Waals surface area contributed by atoms with E-state index in [4.69, 9.17) is 9.73 Å². The van der Waals surface area contributed by atoms with Crippen LogP contribution in [0.1, 0.15) is 40.5 Å². The van der Waals surface area contributed by atoms with Crippen LogP contribution in [0.5, 0.6) is 0 Å². The Morgan fingerprint density at radius 2 is 2.10 bits per heavy atom. The Morgan fingerprint density at radius 1 is 1.33 bits per heavy atom. The van der Waals surface area contributed by atoms with Gasteiger partial charge in [0, 0.05) is 37.9 Å². The molecule has 0 aromatic rings. The lowest BCUT2D eigenvalue weighted by Crippen LogP contribution is -2.43. The first-order chi connectivity index (χ1) is 9.99. The van der Waals surface area contributed by atoms with Crippen LogP contribution in [0.4, 0.5) is 0 Å². The molecule has 1 aliphatic heterocycles. The average molecular weight is 316 g/mol. The summed E-state index contributed by atoms with van der Waals surface area (Å²) >= 11 is 1.85. The molecule has 0 radical (unpaired) electrons. The molecule has 0 bridgehead atoms. The zero-order chi connectivity index (χ0) is 15.7. The van der Waals surface area contributed by atoms with Gasteiger partial charge in [0.25, 0.3) is 0 Å². The highest BCUT2D eigenvalue weighted by atomic mass is 32.2. The average Bonchev–Trinajstić information content (AvgIpc) is 2.44. The summed E-state index contributed by atoms with van der Waals surface area (Å²) < 4.78 is 6.03. The maximum atomic E-state index is 6.03. The van der Waals surface area contributed by atoms with Gasteiger partial charge in [0.1, 0.15) is 0 Å². The van der Waals surface area contributed by atoms with E-state index in [0.29, 0.717) is 12.0 Å². The van der Waals surface area contributed by atoms with E-state index >= 15 is 0 Å². The highest BCUT2D eigenvalue weighted by Gasteiger charge is 2.35. The van der Waals surface area contributed by atoms with Crippen LogP contribution in [-0.2, 0) is 4.74 Å². The van der Waals surface area contributed by atoms with Gasteiger partial charge in [-0.25, -0.2) is 0 Å². The molecular formula is C16H33N3OS. The summed E-state index contributed by atoms with van der Waals surface area (Å²) in [4.78, 5) is 4.78. The maximum absolute atomic E-state index is 6.03. The van der Waals surface area contributed by atoms with Gasteiger partial charge in [-0.1, -0.05) is 20.8 Å². The summed E-state index contributed by atoms with van der Waals surface area (Å²) in [5.41, 5.74) is 0.186. The number of rotatable bonds is 6. The molecule has 4 nitrogen and oxygen atoms in total. The van der Waals surface area contributed by atoms with Crippen LogP contribution < -0.4 is 10.6 Å². The predicted octanol–water partition coefficient (Wildman–Crippen LogP) is 2.75. The van der Waals surface area contributed by atoms with Gasteiger partial charge in [0.05, 0.1) is 6.10 Å². The van der Waals surface area contributed by atoms with Gasteiger partial charge in [0.15, 0.2) is 5.96 Å². The number of thioether (sulfide) groups is 1. The van der Waals surface area contributed by atoms with Crippen LogP contribution in [0.2, 0.25) is 0 Å². The molecule has 21 heavy (non-hydrogen) atoms. The second-order valence-electron chi connectivity index (χ2n) is 6.70.